The van der Waals surface area contributed by atoms with Crippen LogP contribution in [0.5, 0.6) is 0 Å². The van der Waals surface area contributed by atoms with Gasteiger partial charge in [-0.25, -0.2) is 4.98 Å². The van der Waals surface area contributed by atoms with Gasteiger partial charge in [0.2, 0.25) is 5.89 Å². The Morgan fingerprint density at radius 3 is 2.63 bits per heavy atom. The minimum Gasteiger partial charge on any atom is -0.416 e. The lowest BCUT2D eigenvalue weighted by atomic mass is 10.2. The molecule has 0 unspecified atom stereocenters. The van der Waals surface area contributed by atoms with E-state index in [1.165, 1.54) is 0 Å². The highest BCUT2D eigenvalue weighted by Crippen LogP contribution is 2.28. The zero-order valence-electron chi connectivity index (χ0n) is 9.62. The lowest BCUT2D eigenvalue weighted by molar-refractivity contribution is 0.584. The third-order valence-corrected chi connectivity index (χ3v) is 2.90. The van der Waals surface area contributed by atoms with Gasteiger partial charge in [0.05, 0.1) is 5.56 Å². The van der Waals surface area contributed by atoms with Crippen LogP contribution in [0.2, 0.25) is 0 Å². The summed E-state index contributed by atoms with van der Waals surface area (Å²) in [6.07, 6.45) is 4.93. The number of hydrogen-bond donors (Lipinski definition) is 1. The molecule has 0 radical (unpaired) electrons. The average molecular weight is 318 g/mol. The fraction of sp³-hybridized carbons (Fsp3) is 0. The van der Waals surface area contributed by atoms with E-state index in [2.05, 4.69) is 36.1 Å². The summed E-state index contributed by atoms with van der Waals surface area (Å²) in [5, 5.41) is 7.98. The molecule has 94 valence electrons. The van der Waals surface area contributed by atoms with Crippen LogP contribution < -0.4 is 5.73 Å². The number of nitrogens with zero attached hydrogens (tertiary/aromatic N) is 4. The summed E-state index contributed by atoms with van der Waals surface area (Å²) in [6.45, 7) is 0. The second-order valence-corrected chi connectivity index (χ2v) is 4.65. The molecule has 0 fully saturated rings. The van der Waals surface area contributed by atoms with Crippen LogP contribution >= 0.6 is 15.9 Å². The van der Waals surface area contributed by atoms with E-state index >= 15 is 0 Å². The Balaban J connectivity index is 2.04. The van der Waals surface area contributed by atoms with Gasteiger partial charge in [-0.15, -0.1) is 10.2 Å². The van der Waals surface area contributed by atoms with Crippen LogP contribution in [0.3, 0.4) is 0 Å². The summed E-state index contributed by atoms with van der Waals surface area (Å²) in [6, 6.07) is 5.37. The van der Waals surface area contributed by atoms with E-state index in [0.29, 0.717) is 23.2 Å². The molecule has 0 amide bonds. The number of hydrogen-bond acceptors (Lipinski definition) is 6. The standard InChI is InChI=1S/C12H8BrN5O/c13-8-5-9(10(14)16-6-8)12-18-17-11(19-12)7-1-3-15-4-2-7/h1-6H,(H2,14,16). The fourth-order valence-corrected chi connectivity index (χ4v) is 1.90. The van der Waals surface area contributed by atoms with Gasteiger partial charge in [-0.2, -0.15) is 0 Å². The third-order valence-electron chi connectivity index (χ3n) is 2.47. The molecule has 0 bridgehead atoms. The van der Waals surface area contributed by atoms with Crippen molar-refractivity contribution in [3.63, 3.8) is 0 Å². The van der Waals surface area contributed by atoms with Crippen molar-refractivity contribution in [3.05, 3.63) is 41.3 Å². The van der Waals surface area contributed by atoms with E-state index in [4.69, 9.17) is 10.2 Å². The Labute approximate surface area is 116 Å². The quantitative estimate of drug-likeness (QED) is 0.781. The SMILES string of the molecule is Nc1ncc(Br)cc1-c1nnc(-c2ccncc2)o1. The summed E-state index contributed by atoms with van der Waals surface area (Å²) in [7, 11) is 0. The van der Waals surface area contributed by atoms with Crippen molar-refractivity contribution >= 4 is 21.7 Å². The topological polar surface area (TPSA) is 90.7 Å². The number of pyridine rings is 2. The van der Waals surface area contributed by atoms with Crippen LogP contribution in [0.1, 0.15) is 0 Å². The smallest absolute Gasteiger partial charge is 0.251 e. The first kappa shape index (κ1) is 11.8. The van der Waals surface area contributed by atoms with Gasteiger partial charge in [-0.05, 0) is 34.1 Å². The van der Waals surface area contributed by atoms with Crippen LogP contribution in [-0.2, 0) is 0 Å². The summed E-state index contributed by atoms with van der Waals surface area (Å²) in [5.74, 6) is 1.09. The predicted molar refractivity (Wildman–Crippen MR) is 72.9 cm³/mol. The van der Waals surface area contributed by atoms with Crippen LogP contribution in [-0.4, -0.2) is 20.2 Å². The molecule has 3 rings (SSSR count). The largest absolute Gasteiger partial charge is 0.416 e. The zero-order chi connectivity index (χ0) is 13.2. The fourth-order valence-electron chi connectivity index (χ4n) is 1.56. The van der Waals surface area contributed by atoms with Gasteiger partial charge in [-0.3, -0.25) is 4.98 Å². The van der Waals surface area contributed by atoms with Crippen LogP contribution in [0.25, 0.3) is 22.9 Å². The molecule has 0 saturated heterocycles. The Bertz CT molecular complexity index is 713. The van der Waals surface area contributed by atoms with Crippen molar-refractivity contribution in [3.8, 4) is 22.9 Å². The van der Waals surface area contributed by atoms with Gasteiger partial charge >= 0.3 is 0 Å². The molecule has 3 aromatic rings. The Kier molecular flexibility index (Phi) is 2.96. The molecule has 0 aliphatic carbocycles. The molecular formula is C12H8BrN5O. The minimum atomic E-state index is 0.332. The third kappa shape index (κ3) is 2.32. The van der Waals surface area contributed by atoms with E-state index in [1.807, 2.05) is 0 Å². The lowest BCUT2D eigenvalue weighted by Gasteiger charge is -1.99. The van der Waals surface area contributed by atoms with E-state index < -0.39 is 0 Å². The molecule has 3 heterocycles. The molecule has 0 spiro atoms. The molecule has 19 heavy (non-hydrogen) atoms. The monoisotopic (exact) mass is 317 g/mol. The van der Waals surface area contributed by atoms with Crippen molar-refractivity contribution < 1.29 is 4.42 Å². The van der Waals surface area contributed by atoms with E-state index in [-0.39, 0.29) is 0 Å². The van der Waals surface area contributed by atoms with E-state index in [1.54, 1.807) is 36.8 Å². The molecule has 0 saturated carbocycles. The van der Waals surface area contributed by atoms with Crippen molar-refractivity contribution in [1.82, 2.24) is 20.2 Å². The first-order valence-electron chi connectivity index (χ1n) is 5.39. The molecule has 6 nitrogen and oxygen atoms in total. The second kappa shape index (κ2) is 4.77. The van der Waals surface area contributed by atoms with Crippen LogP contribution in [0.15, 0.2) is 45.7 Å². The Morgan fingerprint density at radius 1 is 1.11 bits per heavy atom. The van der Waals surface area contributed by atoms with Crippen molar-refractivity contribution in [2.75, 3.05) is 5.73 Å². The van der Waals surface area contributed by atoms with Gasteiger partial charge in [0.1, 0.15) is 5.82 Å². The number of nitrogens with two attached hydrogens (primary N) is 1. The number of anilines is 1. The summed E-state index contributed by atoms with van der Waals surface area (Å²) < 4.78 is 6.39. The van der Waals surface area contributed by atoms with Gasteiger partial charge < -0.3 is 10.2 Å². The Morgan fingerprint density at radius 2 is 1.84 bits per heavy atom. The first-order chi connectivity index (χ1) is 9.24. The van der Waals surface area contributed by atoms with Gasteiger partial charge in [-0.1, -0.05) is 0 Å². The van der Waals surface area contributed by atoms with E-state index in [0.717, 1.165) is 10.0 Å². The summed E-state index contributed by atoms with van der Waals surface area (Å²) >= 11 is 3.33. The van der Waals surface area contributed by atoms with Crippen LogP contribution in [0, 0.1) is 0 Å². The molecule has 0 aliphatic rings. The zero-order valence-corrected chi connectivity index (χ0v) is 11.2. The van der Waals surface area contributed by atoms with Crippen LogP contribution in [0.4, 0.5) is 5.82 Å². The average Bonchev–Trinajstić information content (AvgIpc) is 2.92. The Hall–Kier alpha value is -2.28. The molecule has 0 aliphatic heterocycles. The predicted octanol–water partition coefficient (Wildman–Crippen LogP) is 2.54. The summed E-state index contributed by atoms with van der Waals surface area (Å²) in [5.41, 5.74) is 7.20. The molecule has 2 N–H and O–H groups in total. The normalized spacial score (nSPS) is 10.6. The number of halogens is 1. The highest BCUT2D eigenvalue weighted by molar-refractivity contribution is 9.10. The van der Waals surface area contributed by atoms with E-state index in [9.17, 15) is 0 Å². The van der Waals surface area contributed by atoms with Crippen molar-refractivity contribution in [2.24, 2.45) is 0 Å². The lowest BCUT2D eigenvalue weighted by Crippen LogP contribution is -1.93. The molecule has 0 aromatic carbocycles. The molecule has 0 atom stereocenters. The molecular weight excluding hydrogens is 310 g/mol. The maximum Gasteiger partial charge on any atom is 0.251 e. The first-order valence-corrected chi connectivity index (χ1v) is 6.18. The second-order valence-electron chi connectivity index (χ2n) is 3.73. The number of nitrogen functional groups attached to an aromatic ring is 1. The van der Waals surface area contributed by atoms with Gasteiger partial charge in [0, 0.05) is 28.6 Å². The van der Waals surface area contributed by atoms with Crippen molar-refractivity contribution in [1.29, 1.82) is 0 Å². The minimum absolute atomic E-state index is 0.332. The number of rotatable bonds is 2. The highest BCUT2D eigenvalue weighted by Gasteiger charge is 2.13. The van der Waals surface area contributed by atoms with Gasteiger partial charge in [0.25, 0.3) is 5.89 Å². The maximum atomic E-state index is 5.80. The number of aromatic nitrogens is 4. The molecule has 3 aromatic heterocycles. The summed E-state index contributed by atoms with van der Waals surface area (Å²) in [4.78, 5) is 7.97. The van der Waals surface area contributed by atoms with Gasteiger partial charge in [0.15, 0.2) is 0 Å². The highest BCUT2D eigenvalue weighted by atomic mass is 79.9. The maximum absolute atomic E-state index is 5.80. The molecule has 7 heteroatoms. The van der Waals surface area contributed by atoms with Crippen molar-refractivity contribution in [2.45, 2.75) is 0 Å².